The molecule has 1 saturated heterocycles. The number of nitrogens with one attached hydrogen (secondary N) is 2. The summed E-state index contributed by atoms with van der Waals surface area (Å²) in [7, 11) is 1.63. The molecule has 6 heteroatoms. The van der Waals surface area contributed by atoms with E-state index >= 15 is 0 Å². The van der Waals surface area contributed by atoms with Crippen LogP contribution in [0.5, 0.6) is 5.75 Å². The molecule has 2 amide bonds. The fourth-order valence-corrected chi connectivity index (χ4v) is 2.68. The standard InChI is InChI=1S/C18H25N3O3/c1-13(2)11-20-17(22)10-16-18(23)19-7-8-21(16)12-14-5-4-6-15(9-14)24-3/h4-6,9,16H,1,7-8,10-12H2,2-3H3,(H,19,23)(H,20,22)/t16-/m1/s1. The van der Waals surface area contributed by atoms with E-state index in [0.29, 0.717) is 26.2 Å². The molecule has 0 bridgehead atoms. The van der Waals surface area contributed by atoms with Crippen molar-refractivity contribution < 1.29 is 14.3 Å². The van der Waals surface area contributed by atoms with Crippen LogP contribution in [-0.2, 0) is 16.1 Å². The van der Waals surface area contributed by atoms with Crippen LogP contribution >= 0.6 is 0 Å². The minimum absolute atomic E-state index is 0.102. The molecule has 1 aliphatic heterocycles. The summed E-state index contributed by atoms with van der Waals surface area (Å²) in [5.41, 5.74) is 1.93. The van der Waals surface area contributed by atoms with Gasteiger partial charge in [0, 0.05) is 26.2 Å². The third-order valence-electron chi connectivity index (χ3n) is 3.93. The zero-order valence-electron chi connectivity index (χ0n) is 14.3. The van der Waals surface area contributed by atoms with E-state index in [1.165, 1.54) is 0 Å². The Labute approximate surface area is 142 Å². The number of hydrogen-bond acceptors (Lipinski definition) is 4. The second kappa shape index (κ2) is 8.49. The number of piperazine rings is 1. The van der Waals surface area contributed by atoms with Crippen molar-refractivity contribution >= 4 is 11.8 Å². The van der Waals surface area contributed by atoms with Crippen molar-refractivity contribution in [2.45, 2.75) is 25.9 Å². The Bertz CT molecular complexity index is 615. The zero-order valence-corrected chi connectivity index (χ0v) is 14.3. The number of amides is 2. The second-order valence-corrected chi connectivity index (χ2v) is 6.07. The Kier molecular flexibility index (Phi) is 6.37. The van der Waals surface area contributed by atoms with Gasteiger partial charge in [-0.2, -0.15) is 0 Å². The average Bonchev–Trinajstić information content (AvgIpc) is 2.56. The molecule has 0 unspecified atom stereocenters. The molecule has 24 heavy (non-hydrogen) atoms. The lowest BCUT2D eigenvalue weighted by Crippen LogP contribution is -2.56. The maximum absolute atomic E-state index is 12.2. The average molecular weight is 331 g/mol. The van der Waals surface area contributed by atoms with Gasteiger partial charge in [0.2, 0.25) is 11.8 Å². The van der Waals surface area contributed by atoms with Crippen LogP contribution in [-0.4, -0.2) is 49.5 Å². The molecule has 1 atom stereocenters. The van der Waals surface area contributed by atoms with Gasteiger partial charge in [-0.15, -0.1) is 0 Å². The number of rotatable bonds is 7. The van der Waals surface area contributed by atoms with Crippen molar-refractivity contribution in [3.63, 3.8) is 0 Å². The molecule has 130 valence electrons. The van der Waals surface area contributed by atoms with Gasteiger partial charge in [-0.05, 0) is 24.6 Å². The lowest BCUT2D eigenvalue weighted by molar-refractivity contribution is -0.134. The monoisotopic (exact) mass is 331 g/mol. The predicted octanol–water partition coefficient (Wildman–Crippen LogP) is 1.08. The quantitative estimate of drug-likeness (QED) is 0.734. The first-order chi connectivity index (χ1) is 11.5. The van der Waals surface area contributed by atoms with E-state index in [0.717, 1.165) is 16.9 Å². The fourth-order valence-electron chi connectivity index (χ4n) is 2.68. The highest BCUT2D eigenvalue weighted by Crippen LogP contribution is 2.18. The molecule has 1 aromatic carbocycles. The van der Waals surface area contributed by atoms with E-state index in [-0.39, 0.29) is 18.2 Å². The highest BCUT2D eigenvalue weighted by Gasteiger charge is 2.31. The Morgan fingerprint density at radius 2 is 2.29 bits per heavy atom. The smallest absolute Gasteiger partial charge is 0.237 e. The molecule has 0 aromatic heterocycles. The lowest BCUT2D eigenvalue weighted by Gasteiger charge is -2.34. The molecule has 2 rings (SSSR count). The van der Waals surface area contributed by atoms with E-state index in [1.807, 2.05) is 36.1 Å². The van der Waals surface area contributed by atoms with Crippen LogP contribution in [0.3, 0.4) is 0 Å². The number of benzene rings is 1. The van der Waals surface area contributed by atoms with Gasteiger partial charge in [-0.25, -0.2) is 0 Å². The van der Waals surface area contributed by atoms with Gasteiger partial charge in [-0.3, -0.25) is 14.5 Å². The van der Waals surface area contributed by atoms with E-state index in [1.54, 1.807) is 7.11 Å². The van der Waals surface area contributed by atoms with E-state index < -0.39 is 6.04 Å². The molecular weight excluding hydrogens is 306 g/mol. The van der Waals surface area contributed by atoms with Crippen LogP contribution in [0.1, 0.15) is 18.9 Å². The van der Waals surface area contributed by atoms with Crippen molar-refractivity contribution in [3.05, 3.63) is 42.0 Å². The first-order valence-electron chi connectivity index (χ1n) is 8.05. The SMILES string of the molecule is C=C(C)CNC(=O)C[C@@H]1C(=O)NCCN1Cc1cccc(OC)c1. The van der Waals surface area contributed by atoms with Crippen LogP contribution in [0, 0.1) is 0 Å². The number of methoxy groups -OCH3 is 1. The summed E-state index contributed by atoms with van der Waals surface area (Å²) < 4.78 is 5.24. The third kappa shape index (κ3) is 5.09. The van der Waals surface area contributed by atoms with E-state index in [9.17, 15) is 9.59 Å². The molecular formula is C18H25N3O3. The molecule has 1 heterocycles. The van der Waals surface area contributed by atoms with Gasteiger partial charge in [0.1, 0.15) is 5.75 Å². The Morgan fingerprint density at radius 3 is 3.00 bits per heavy atom. The minimum Gasteiger partial charge on any atom is -0.497 e. The summed E-state index contributed by atoms with van der Waals surface area (Å²) in [6, 6.07) is 7.29. The normalized spacial score (nSPS) is 17.9. The maximum atomic E-state index is 12.2. The topological polar surface area (TPSA) is 70.7 Å². The summed E-state index contributed by atoms with van der Waals surface area (Å²) in [5, 5.41) is 5.63. The van der Waals surface area contributed by atoms with Crippen molar-refractivity contribution in [1.82, 2.24) is 15.5 Å². The molecule has 0 spiro atoms. The molecule has 1 aromatic rings. The van der Waals surface area contributed by atoms with Gasteiger partial charge in [0.25, 0.3) is 0 Å². The third-order valence-corrected chi connectivity index (χ3v) is 3.93. The molecule has 0 radical (unpaired) electrons. The van der Waals surface area contributed by atoms with Gasteiger partial charge in [-0.1, -0.05) is 24.3 Å². The second-order valence-electron chi connectivity index (χ2n) is 6.07. The summed E-state index contributed by atoms with van der Waals surface area (Å²) in [6.07, 6.45) is 0.142. The summed E-state index contributed by atoms with van der Waals surface area (Å²) in [6.45, 7) is 7.94. The first kappa shape index (κ1) is 18.0. The van der Waals surface area contributed by atoms with Crippen LogP contribution < -0.4 is 15.4 Å². The molecule has 0 aliphatic carbocycles. The van der Waals surface area contributed by atoms with Gasteiger partial charge >= 0.3 is 0 Å². The van der Waals surface area contributed by atoms with Crippen molar-refractivity contribution in [3.8, 4) is 5.75 Å². The predicted molar refractivity (Wildman–Crippen MR) is 92.6 cm³/mol. The summed E-state index contributed by atoms with van der Waals surface area (Å²) in [4.78, 5) is 26.3. The van der Waals surface area contributed by atoms with Crippen LogP contribution in [0.25, 0.3) is 0 Å². The molecule has 1 aliphatic rings. The Morgan fingerprint density at radius 1 is 1.50 bits per heavy atom. The van der Waals surface area contributed by atoms with Crippen molar-refractivity contribution in [1.29, 1.82) is 0 Å². The van der Waals surface area contributed by atoms with E-state index in [2.05, 4.69) is 17.2 Å². The largest absolute Gasteiger partial charge is 0.497 e. The number of hydrogen-bond donors (Lipinski definition) is 2. The highest BCUT2D eigenvalue weighted by atomic mass is 16.5. The van der Waals surface area contributed by atoms with Crippen molar-refractivity contribution in [2.75, 3.05) is 26.7 Å². The number of carbonyl (C=O) groups is 2. The number of ether oxygens (including phenoxy) is 1. The molecule has 6 nitrogen and oxygen atoms in total. The fraction of sp³-hybridized carbons (Fsp3) is 0.444. The number of nitrogens with zero attached hydrogens (tertiary/aromatic N) is 1. The Hall–Kier alpha value is -2.34. The summed E-state index contributed by atoms with van der Waals surface area (Å²) in [5.74, 6) is 0.537. The van der Waals surface area contributed by atoms with Crippen LogP contribution in [0.4, 0.5) is 0 Å². The number of carbonyl (C=O) groups excluding carboxylic acids is 2. The van der Waals surface area contributed by atoms with Gasteiger partial charge < -0.3 is 15.4 Å². The molecule has 2 N–H and O–H groups in total. The highest BCUT2D eigenvalue weighted by molar-refractivity contribution is 5.88. The first-order valence-corrected chi connectivity index (χ1v) is 8.05. The van der Waals surface area contributed by atoms with Crippen LogP contribution in [0.2, 0.25) is 0 Å². The van der Waals surface area contributed by atoms with Crippen LogP contribution in [0.15, 0.2) is 36.4 Å². The van der Waals surface area contributed by atoms with Gasteiger partial charge in [0.15, 0.2) is 0 Å². The van der Waals surface area contributed by atoms with Crippen molar-refractivity contribution in [2.24, 2.45) is 0 Å². The maximum Gasteiger partial charge on any atom is 0.237 e. The van der Waals surface area contributed by atoms with E-state index in [4.69, 9.17) is 4.74 Å². The lowest BCUT2D eigenvalue weighted by atomic mass is 10.1. The Balaban J connectivity index is 2.03. The minimum atomic E-state index is -0.463. The summed E-state index contributed by atoms with van der Waals surface area (Å²) >= 11 is 0. The van der Waals surface area contributed by atoms with Gasteiger partial charge in [0.05, 0.1) is 19.6 Å². The zero-order chi connectivity index (χ0) is 17.5. The molecule has 1 fully saturated rings. The molecule has 0 saturated carbocycles.